The van der Waals surface area contributed by atoms with Gasteiger partial charge in [-0.25, -0.2) is 8.78 Å². The van der Waals surface area contributed by atoms with Gasteiger partial charge in [0.15, 0.2) is 11.6 Å². The maximum Gasteiger partial charge on any atom is 0.241 e. The van der Waals surface area contributed by atoms with Gasteiger partial charge in [0.1, 0.15) is 0 Å². The predicted octanol–water partition coefficient (Wildman–Crippen LogP) is 1.44. The predicted molar refractivity (Wildman–Crippen MR) is 93.3 cm³/mol. The molecule has 2 aliphatic rings. The van der Waals surface area contributed by atoms with Gasteiger partial charge in [-0.15, -0.1) is 0 Å². The van der Waals surface area contributed by atoms with Crippen LogP contribution in [0.1, 0.15) is 31.7 Å². The quantitative estimate of drug-likeness (QED) is 0.861. The lowest BCUT2D eigenvalue weighted by atomic mass is 9.78. The van der Waals surface area contributed by atoms with Crippen molar-refractivity contribution in [2.24, 2.45) is 5.41 Å². The van der Waals surface area contributed by atoms with Gasteiger partial charge in [0.05, 0.1) is 12.0 Å². The molecule has 1 aromatic carbocycles. The third-order valence-corrected chi connectivity index (χ3v) is 5.41. The molecular weight excluding hydrogens is 356 g/mol. The zero-order chi connectivity index (χ0) is 19.6. The highest BCUT2D eigenvalue weighted by atomic mass is 19.2. The SMILES string of the molecule is CC(=O)NCC(=O)N1CCC2(CCCN(Cc3cccc(F)c3F)C2=O)C1. The molecule has 1 N–H and O–H groups in total. The molecule has 2 saturated heterocycles. The minimum absolute atomic E-state index is 0.0179. The number of nitrogens with zero attached hydrogens (tertiary/aromatic N) is 2. The van der Waals surface area contributed by atoms with Crippen LogP contribution in [-0.4, -0.2) is 53.7 Å². The fourth-order valence-electron chi connectivity index (χ4n) is 3.96. The molecule has 3 amide bonds. The Hall–Kier alpha value is -2.51. The van der Waals surface area contributed by atoms with Gasteiger partial charge in [0.2, 0.25) is 17.7 Å². The van der Waals surface area contributed by atoms with Gasteiger partial charge in [-0.1, -0.05) is 12.1 Å². The van der Waals surface area contributed by atoms with E-state index in [0.717, 1.165) is 12.5 Å². The van der Waals surface area contributed by atoms with E-state index < -0.39 is 17.0 Å². The molecule has 146 valence electrons. The number of carbonyl (C=O) groups is 3. The number of hydrogen-bond acceptors (Lipinski definition) is 3. The Bertz CT molecular complexity index is 771. The van der Waals surface area contributed by atoms with E-state index in [0.29, 0.717) is 32.5 Å². The van der Waals surface area contributed by atoms with Crippen molar-refractivity contribution in [3.8, 4) is 0 Å². The summed E-state index contributed by atoms with van der Waals surface area (Å²) in [6.45, 7) is 2.50. The zero-order valence-corrected chi connectivity index (χ0v) is 15.3. The van der Waals surface area contributed by atoms with E-state index in [1.807, 2.05) is 0 Å². The summed E-state index contributed by atoms with van der Waals surface area (Å²) in [6, 6.07) is 3.95. The number of nitrogens with one attached hydrogen (secondary N) is 1. The van der Waals surface area contributed by atoms with Crippen molar-refractivity contribution in [1.29, 1.82) is 0 Å². The van der Waals surface area contributed by atoms with Crippen LogP contribution in [0.15, 0.2) is 18.2 Å². The maximum atomic E-state index is 14.0. The molecule has 1 spiro atoms. The summed E-state index contributed by atoms with van der Waals surface area (Å²) in [7, 11) is 0. The normalized spacial score (nSPS) is 22.4. The van der Waals surface area contributed by atoms with Crippen LogP contribution in [-0.2, 0) is 20.9 Å². The Morgan fingerprint density at radius 2 is 2.00 bits per heavy atom. The largest absolute Gasteiger partial charge is 0.347 e. The number of rotatable bonds is 4. The van der Waals surface area contributed by atoms with Gasteiger partial charge in [-0.2, -0.15) is 0 Å². The molecule has 0 aliphatic carbocycles. The summed E-state index contributed by atoms with van der Waals surface area (Å²) < 4.78 is 27.4. The smallest absolute Gasteiger partial charge is 0.241 e. The number of benzene rings is 1. The summed E-state index contributed by atoms with van der Waals surface area (Å²) in [5, 5.41) is 2.48. The van der Waals surface area contributed by atoms with Crippen molar-refractivity contribution in [2.75, 3.05) is 26.2 Å². The van der Waals surface area contributed by atoms with E-state index in [-0.39, 0.29) is 36.4 Å². The Morgan fingerprint density at radius 1 is 1.22 bits per heavy atom. The fourth-order valence-corrected chi connectivity index (χ4v) is 3.96. The molecule has 0 radical (unpaired) electrons. The first-order valence-electron chi connectivity index (χ1n) is 9.07. The Balaban J connectivity index is 1.69. The van der Waals surface area contributed by atoms with Crippen LogP contribution in [0.2, 0.25) is 0 Å². The van der Waals surface area contributed by atoms with Crippen molar-refractivity contribution in [1.82, 2.24) is 15.1 Å². The van der Waals surface area contributed by atoms with Crippen LogP contribution in [0.4, 0.5) is 8.78 Å². The minimum atomic E-state index is -0.928. The lowest BCUT2D eigenvalue weighted by Crippen LogP contribution is -2.50. The lowest BCUT2D eigenvalue weighted by molar-refractivity contribution is -0.147. The highest BCUT2D eigenvalue weighted by molar-refractivity contribution is 5.87. The second-order valence-electron chi connectivity index (χ2n) is 7.30. The molecule has 1 aromatic rings. The molecule has 2 fully saturated rings. The van der Waals surface area contributed by atoms with Crippen molar-refractivity contribution in [3.63, 3.8) is 0 Å². The third-order valence-electron chi connectivity index (χ3n) is 5.41. The molecule has 6 nitrogen and oxygen atoms in total. The molecule has 8 heteroatoms. The molecule has 2 aliphatic heterocycles. The summed E-state index contributed by atoms with van der Waals surface area (Å²) in [6.07, 6.45) is 1.95. The van der Waals surface area contributed by atoms with E-state index in [1.165, 1.54) is 19.1 Å². The topological polar surface area (TPSA) is 69.7 Å². The molecule has 0 bridgehead atoms. The molecule has 1 unspecified atom stereocenters. The van der Waals surface area contributed by atoms with Gasteiger partial charge in [0, 0.05) is 38.7 Å². The molecule has 2 heterocycles. The number of carbonyl (C=O) groups excluding carboxylic acids is 3. The average molecular weight is 379 g/mol. The standard InChI is InChI=1S/C19H23F2N3O3/c1-13(25)22-10-16(26)24-9-7-19(12-24)6-3-8-23(18(19)27)11-14-4-2-5-15(20)17(14)21/h2,4-5H,3,6-12H2,1H3,(H,22,25). The highest BCUT2D eigenvalue weighted by Gasteiger charge is 2.49. The van der Waals surface area contributed by atoms with Crippen molar-refractivity contribution >= 4 is 17.7 Å². The second kappa shape index (κ2) is 7.62. The maximum absolute atomic E-state index is 14.0. The van der Waals surface area contributed by atoms with Crippen LogP contribution < -0.4 is 5.32 Å². The first-order chi connectivity index (χ1) is 12.8. The Labute approximate surface area is 156 Å². The summed E-state index contributed by atoms with van der Waals surface area (Å²) in [4.78, 5) is 39.5. The number of piperidine rings is 1. The van der Waals surface area contributed by atoms with Crippen molar-refractivity contribution in [2.45, 2.75) is 32.7 Å². The lowest BCUT2D eigenvalue weighted by Gasteiger charge is -2.39. The van der Waals surface area contributed by atoms with E-state index in [1.54, 1.807) is 9.80 Å². The van der Waals surface area contributed by atoms with E-state index in [9.17, 15) is 23.2 Å². The van der Waals surface area contributed by atoms with E-state index in [4.69, 9.17) is 0 Å². The summed E-state index contributed by atoms with van der Waals surface area (Å²) in [5.41, 5.74) is -0.523. The molecular formula is C19H23F2N3O3. The zero-order valence-electron chi connectivity index (χ0n) is 15.3. The first kappa shape index (κ1) is 19.3. The van der Waals surface area contributed by atoms with Gasteiger partial charge in [0.25, 0.3) is 0 Å². The Kier molecular flexibility index (Phi) is 5.43. The van der Waals surface area contributed by atoms with Crippen molar-refractivity contribution in [3.05, 3.63) is 35.4 Å². The average Bonchev–Trinajstić information content (AvgIpc) is 3.06. The number of likely N-dealkylation sites (tertiary alicyclic amines) is 2. The van der Waals surface area contributed by atoms with Crippen LogP contribution in [0.25, 0.3) is 0 Å². The van der Waals surface area contributed by atoms with E-state index in [2.05, 4.69) is 5.32 Å². The monoisotopic (exact) mass is 379 g/mol. The van der Waals surface area contributed by atoms with Crippen LogP contribution >= 0.6 is 0 Å². The highest BCUT2D eigenvalue weighted by Crippen LogP contribution is 2.40. The molecule has 0 saturated carbocycles. The first-order valence-corrected chi connectivity index (χ1v) is 9.07. The second-order valence-corrected chi connectivity index (χ2v) is 7.30. The van der Waals surface area contributed by atoms with Crippen LogP contribution in [0.5, 0.6) is 0 Å². The van der Waals surface area contributed by atoms with Crippen LogP contribution in [0, 0.1) is 17.0 Å². The minimum Gasteiger partial charge on any atom is -0.347 e. The Morgan fingerprint density at radius 3 is 2.74 bits per heavy atom. The van der Waals surface area contributed by atoms with Crippen LogP contribution in [0.3, 0.4) is 0 Å². The number of amides is 3. The fraction of sp³-hybridized carbons (Fsp3) is 0.526. The van der Waals surface area contributed by atoms with E-state index >= 15 is 0 Å². The molecule has 1 atom stereocenters. The summed E-state index contributed by atoms with van der Waals surface area (Å²) in [5.74, 6) is -2.48. The van der Waals surface area contributed by atoms with Crippen molar-refractivity contribution < 1.29 is 23.2 Å². The van der Waals surface area contributed by atoms with Gasteiger partial charge >= 0.3 is 0 Å². The molecule has 0 aromatic heterocycles. The summed E-state index contributed by atoms with van der Waals surface area (Å²) >= 11 is 0. The van der Waals surface area contributed by atoms with Gasteiger partial charge in [-0.05, 0) is 25.3 Å². The molecule has 3 rings (SSSR count). The molecule has 27 heavy (non-hydrogen) atoms. The van der Waals surface area contributed by atoms with Gasteiger partial charge < -0.3 is 15.1 Å². The number of hydrogen-bond donors (Lipinski definition) is 1. The van der Waals surface area contributed by atoms with Gasteiger partial charge in [-0.3, -0.25) is 14.4 Å². The number of halogens is 2. The third kappa shape index (κ3) is 3.94.